The average molecular weight is 198 g/mol. The van der Waals surface area contributed by atoms with Crippen LogP contribution >= 0.6 is 0 Å². The lowest BCUT2D eigenvalue weighted by Crippen LogP contribution is -2.58. The Kier molecular flexibility index (Phi) is 2.65. The van der Waals surface area contributed by atoms with Crippen LogP contribution in [0, 0.1) is 0 Å². The molecule has 1 unspecified atom stereocenters. The summed E-state index contributed by atoms with van der Waals surface area (Å²) in [6, 6.07) is -1.74. The van der Waals surface area contributed by atoms with E-state index in [0.717, 1.165) is 4.90 Å². The smallest absolute Gasteiger partial charge is 0.407 e. The van der Waals surface area contributed by atoms with Crippen molar-refractivity contribution in [2.75, 3.05) is 19.6 Å². The Morgan fingerprint density at radius 1 is 1.54 bits per heavy atom. The van der Waals surface area contributed by atoms with E-state index in [9.17, 15) is 18.0 Å². The summed E-state index contributed by atoms with van der Waals surface area (Å²) >= 11 is 0. The zero-order valence-electron chi connectivity index (χ0n) is 6.64. The van der Waals surface area contributed by atoms with Crippen molar-refractivity contribution in [3.63, 3.8) is 0 Å². The van der Waals surface area contributed by atoms with Gasteiger partial charge in [0.15, 0.2) is 0 Å². The monoisotopic (exact) mass is 198 g/mol. The number of rotatable bonds is 0. The number of hydrogen-bond acceptors (Lipinski definition) is 2. The maximum Gasteiger partial charge on any atom is 0.407 e. The van der Waals surface area contributed by atoms with Gasteiger partial charge in [-0.3, -0.25) is 0 Å². The van der Waals surface area contributed by atoms with E-state index in [1.807, 2.05) is 0 Å². The first-order valence-electron chi connectivity index (χ1n) is 3.69. The second-order valence-corrected chi connectivity index (χ2v) is 2.78. The van der Waals surface area contributed by atoms with Crippen molar-refractivity contribution in [1.29, 1.82) is 0 Å². The second kappa shape index (κ2) is 3.41. The van der Waals surface area contributed by atoms with E-state index < -0.39 is 24.9 Å². The van der Waals surface area contributed by atoms with Gasteiger partial charge in [-0.15, -0.1) is 0 Å². The average Bonchev–Trinajstić information content (AvgIpc) is 2.03. The predicted molar refractivity (Wildman–Crippen MR) is 37.4 cm³/mol. The number of halogens is 3. The Labute approximate surface area is 72.3 Å². The first-order chi connectivity index (χ1) is 5.91. The second-order valence-electron chi connectivity index (χ2n) is 2.78. The molecule has 4 nitrogen and oxygen atoms in total. The predicted octanol–water partition coefficient (Wildman–Crippen LogP) is 0.500. The minimum Gasteiger partial charge on any atom is -0.465 e. The molecule has 1 amide bonds. The normalized spacial score (nSPS) is 24.5. The Bertz CT molecular complexity index is 207. The fourth-order valence-electron chi connectivity index (χ4n) is 1.14. The number of piperazine rings is 1. The number of carboxylic acid groups (broad SMARTS) is 1. The van der Waals surface area contributed by atoms with Crippen LogP contribution in [0.3, 0.4) is 0 Å². The van der Waals surface area contributed by atoms with Crippen LogP contribution in [0.25, 0.3) is 0 Å². The molecule has 0 aromatic carbocycles. The van der Waals surface area contributed by atoms with Crippen LogP contribution in [0.5, 0.6) is 0 Å². The molecule has 1 atom stereocenters. The molecule has 1 saturated heterocycles. The molecule has 0 saturated carbocycles. The highest BCUT2D eigenvalue weighted by molar-refractivity contribution is 5.65. The topological polar surface area (TPSA) is 52.6 Å². The van der Waals surface area contributed by atoms with Crippen molar-refractivity contribution in [3.05, 3.63) is 0 Å². The van der Waals surface area contributed by atoms with Gasteiger partial charge in [-0.05, 0) is 0 Å². The highest BCUT2D eigenvalue weighted by Gasteiger charge is 2.42. The van der Waals surface area contributed by atoms with Crippen LogP contribution in [-0.4, -0.2) is 48.0 Å². The number of nitrogens with zero attached hydrogens (tertiary/aromatic N) is 1. The molecular weight excluding hydrogens is 189 g/mol. The molecule has 1 rings (SSSR count). The van der Waals surface area contributed by atoms with E-state index >= 15 is 0 Å². The molecule has 0 aromatic rings. The van der Waals surface area contributed by atoms with Crippen molar-refractivity contribution in [2.24, 2.45) is 0 Å². The highest BCUT2D eigenvalue weighted by atomic mass is 19.4. The molecule has 0 spiro atoms. The minimum absolute atomic E-state index is 0.0382. The van der Waals surface area contributed by atoms with E-state index in [2.05, 4.69) is 5.32 Å². The summed E-state index contributed by atoms with van der Waals surface area (Å²) in [7, 11) is 0. The van der Waals surface area contributed by atoms with Crippen molar-refractivity contribution in [2.45, 2.75) is 12.2 Å². The van der Waals surface area contributed by atoms with Crippen LogP contribution in [0.15, 0.2) is 0 Å². The maximum absolute atomic E-state index is 12.1. The number of amides is 1. The van der Waals surface area contributed by atoms with Crippen LogP contribution in [0.4, 0.5) is 18.0 Å². The fourth-order valence-corrected chi connectivity index (χ4v) is 1.14. The Balaban J connectivity index is 2.57. The van der Waals surface area contributed by atoms with E-state index in [1.165, 1.54) is 0 Å². The van der Waals surface area contributed by atoms with Gasteiger partial charge in [-0.1, -0.05) is 0 Å². The number of carbonyl (C=O) groups is 1. The molecule has 0 aromatic heterocycles. The molecular formula is C6H9F3N2O2. The van der Waals surface area contributed by atoms with Crippen LogP contribution in [0.2, 0.25) is 0 Å². The molecule has 1 aliphatic heterocycles. The summed E-state index contributed by atoms with van der Waals surface area (Å²) in [6.45, 7) is -0.392. The molecule has 1 aliphatic rings. The Morgan fingerprint density at radius 2 is 2.15 bits per heavy atom. The number of alkyl halides is 3. The van der Waals surface area contributed by atoms with Crippen LogP contribution < -0.4 is 5.32 Å². The molecule has 13 heavy (non-hydrogen) atoms. The van der Waals surface area contributed by atoms with Gasteiger partial charge in [0, 0.05) is 19.6 Å². The van der Waals surface area contributed by atoms with E-state index in [0.29, 0.717) is 0 Å². The highest BCUT2D eigenvalue weighted by Crippen LogP contribution is 2.22. The Hall–Kier alpha value is -0.980. The van der Waals surface area contributed by atoms with Crippen molar-refractivity contribution < 1.29 is 23.1 Å². The van der Waals surface area contributed by atoms with E-state index in [4.69, 9.17) is 5.11 Å². The lowest BCUT2D eigenvalue weighted by Gasteiger charge is -2.32. The van der Waals surface area contributed by atoms with Crippen molar-refractivity contribution in [3.8, 4) is 0 Å². The molecule has 0 radical (unpaired) electrons. The molecule has 7 heteroatoms. The van der Waals surface area contributed by atoms with Gasteiger partial charge >= 0.3 is 12.3 Å². The molecule has 0 bridgehead atoms. The van der Waals surface area contributed by atoms with Gasteiger partial charge in [0.1, 0.15) is 6.04 Å². The lowest BCUT2D eigenvalue weighted by molar-refractivity contribution is -0.162. The quantitative estimate of drug-likeness (QED) is 0.596. The van der Waals surface area contributed by atoms with E-state index in [-0.39, 0.29) is 13.1 Å². The summed E-state index contributed by atoms with van der Waals surface area (Å²) < 4.78 is 36.3. The zero-order chi connectivity index (χ0) is 10.1. The molecule has 2 N–H and O–H groups in total. The van der Waals surface area contributed by atoms with Gasteiger partial charge in [0.2, 0.25) is 0 Å². The molecule has 1 fully saturated rings. The first kappa shape index (κ1) is 10.1. The molecule has 1 heterocycles. The molecule has 76 valence electrons. The summed E-state index contributed by atoms with van der Waals surface area (Å²) in [6.07, 6.45) is -5.69. The SMILES string of the molecule is O=C(O)N1CCNC(C(F)(F)F)C1. The van der Waals surface area contributed by atoms with Crippen molar-refractivity contribution >= 4 is 6.09 Å². The summed E-state index contributed by atoms with van der Waals surface area (Å²) in [5, 5.41) is 10.7. The lowest BCUT2D eigenvalue weighted by atomic mass is 10.2. The minimum atomic E-state index is -4.38. The van der Waals surface area contributed by atoms with Gasteiger partial charge < -0.3 is 15.3 Å². The van der Waals surface area contributed by atoms with Crippen LogP contribution in [0.1, 0.15) is 0 Å². The number of nitrogens with one attached hydrogen (secondary N) is 1. The van der Waals surface area contributed by atoms with Gasteiger partial charge in [-0.25, -0.2) is 4.79 Å². The summed E-state index contributed by atoms with van der Waals surface area (Å²) in [5.74, 6) is 0. The van der Waals surface area contributed by atoms with E-state index in [1.54, 1.807) is 0 Å². The maximum atomic E-state index is 12.1. The zero-order valence-corrected chi connectivity index (χ0v) is 6.64. The van der Waals surface area contributed by atoms with Gasteiger partial charge in [-0.2, -0.15) is 13.2 Å². The van der Waals surface area contributed by atoms with Crippen molar-refractivity contribution in [1.82, 2.24) is 10.2 Å². The fraction of sp³-hybridized carbons (Fsp3) is 0.833. The van der Waals surface area contributed by atoms with Crippen LogP contribution in [-0.2, 0) is 0 Å². The first-order valence-corrected chi connectivity index (χ1v) is 3.69. The van der Waals surface area contributed by atoms with Gasteiger partial charge in [0.05, 0.1) is 0 Å². The summed E-state index contributed by atoms with van der Waals surface area (Å²) in [5.41, 5.74) is 0. The number of hydrogen-bond donors (Lipinski definition) is 2. The molecule has 0 aliphatic carbocycles. The largest absolute Gasteiger partial charge is 0.465 e. The third kappa shape index (κ3) is 2.48. The third-order valence-electron chi connectivity index (χ3n) is 1.84. The standard InChI is InChI=1S/C6H9F3N2O2/c7-6(8,9)4-3-11(5(12)13)2-1-10-4/h4,10H,1-3H2,(H,12,13). The third-order valence-corrected chi connectivity index (χ3v) is 1.84. The Morgan fingerprint density at radius 3 is 2.62 bits per heavy atom. The summed E-state index contributed by atoms with van der Waals surface area (Å²) in [4.78, 5) is 11.1. The van der Waals surface area contributed by atoms with Gasteiger partial charge in [0.25, 0.3) is 0 Å².